The van der Waals surface area contributed by atoms with Crippen molar-refractivity contribution in [3.8, 4) is 11.1 Å². The Morgan fingerprint density at radius 3 is 2.51 bits per heavy atom. The average Bonchev–Trinajstić information content (AvgIpc) is 3.33. The van der Waals surface area contributed by atoms with Crippen LogP contribution in [-0.2, 0) is 4.74 Å². The first-order valence-electron chi connectivity index (χ1n) is 12.8. The summed E-state index contributed by atoms with van der Waals surface area (Å²) in [6, 6.07) is 10.3. The van der Waals surface area contributed by atoms with Crippen molar-refractivity contribution in [2.75, 3.05) is 67.6 Å². The number of rotatable bonds is 5. The summed E-state index contributed by atoms with van der Waals surface area (Å²) in [4.78, 5) is 24.1. The van der Waals surface area contributed by atoms with Crippen LogP contribution in [0.3, 0.4) is 0 Å². The fourth-order valence-electron chi connectivity index (χ4n) is 5.28. The number of carbonyl (C=O) groups excluding carboxylic acids is 1. The summed E-state index contributed by atoms with van der Waals surface area (Å²) in [5.74, 6) is 2.39. The van der Waals surface area contributed by atoms with E-state index >= 15 is 0 Å². The number of aromatic nitrogens is 1. The van der Waals surface area contributed by atoms with Crippen LogP contribution in [0.25, 0.3) is 11.1 Å². The van der Waals surface area contributed by atoms with Crippen molar-refractivity contribution in [2.24, 2.45) is 5.92 Å². The van der Waals surface area contributed by atoms with Crippen LogP contribution < -0.4 is 15.1 Å². The summed E-state index contributed by atoms with van der Waals surface area (Å²) in [6.07, 6.45) is 2.19. The SMILES string of the molecule is CCC1CCN(C(=O)Nc2ccc(C)c(-c3cc(N4CCOCC4)nc(N4CC(C)(O)C4)c3)c2)C1. The first kappa shape index (κ1) is 23.9. The Morgan fingerprint density at radius 1 is 1.14 bits per heavy atom. The van der Waals surface area contributed by atoms with Gasteiger partial charge in [-0.1, -0.05) is 19.4 Å². The van der Waals surface area contributed by atoms with E-state index in [9.17, 15) is 9.90 Å². The minimum absolute atomic E-state index is 0.0250. The molecule has 3 aliphatic heterocycles. The van der Waals surface area contributed by atoms with Crippen molar-refractivity contribution >= 4 is 23.4 Å². The predicted molar refractivity (Wildman–Crippen MR) is 139 cm³/mol. The van der Waals surface area contributed by atoms with Crippen LogP contribution in [0.1, 0.15) is 32.3 Å². The fourth-order valence-corrected chi connectivity index (χ4v) is 5.28. The van der Waals surface area contributed by atoms with Gasteiger partial charge in [0.15, 0.2) is 0 Å². The highest BCUT2D eigenvalue weighted by Gasteiger charge is 2.37. The highest BCUT2D eigenvalue weighted by Crippen LogP contribution is 2.35. The van der Waals surface area contributed by atoms with Gasteiger partial charge in [-0.15, -0.1) is 0 Å². The number of likely N-dealkylation sites (tertiary alicyclic amines) is 1. The first-order chi connectivity index (χ1) is 16.8. The quantitative estimate of drug-likeness (QED) is 0.680. The van der Waals surface area contributed by atoms with Crippen LogP contribution in [0.15, 0.2) is 30.3 Å². The second kappa shape index (κ2) is 9.66. The molecule has 35 heavy (non-hydrogen) atoms. The van der Waals surface area contributed by atoms with E-state index in [1.165, 1.54) is 0 Å². The van der Waals surface area contributed by atoms with Crippen molar-refractivity contribution in [1.82, 2.24) is 9.88 Å². The van der Waals surface area contributed by atoms with Crippen LogP contribution in [0.5, 0.6) is 0 Å². The minimum atomic E-state index is -0.677. The summed E-state index contributed by atoms with van der Waals surface area (Å²) in [6.45, 7) is 11.9. The second-order valence-corrected chi connectivity index (χ2v) is 10.5. The molecule has 5 rings (SSSR count). The Kier molecular flexibility index (Phi) is 6.59. The zero-order valence-electron chi connectivity index (χ0n) is 21.1. The predicted octanol–water partition coefficient (Wildman–Crippen LogP) is 3.73. The maximum Gasteiger partial charge on any atom is 0.321 e. The Morgan fingerprint density at radius 2 is 1.86 bits per heavy atom. The maximum absolute atomic E-state index is 12.9. The third-order valence-electron chi connectivity index (χ3n) is 7.47. The van der Waals surface area contributed by atoms with E-state index in [2.05, 4.69) is 53.2 Å². The monoisotopic (exact) mass is 479 g/mol. The standard InChI is InChI=1S/C27H37N5O3/c1-4-20-7-8-31(16-20)26(33)28-22-6-5-19(2)23(15-22)21-13-24(30-9-11-35-12-10-30)29-25(14-21)32-17-27(3,34)18-32/h5-6,13-15,20,34H,4,7-12,16-18H2,1-3H3,(H,28,33). The van der Waals surface area contributed by atoms with Crippen LogP contribution in [0, 0.1) is 12.8 Å². The van der Waals surface area contributed by atoms with E-state index < -0.39 is 5.60 Å². The Labute approximate surface area is 207 Å². The molecule has 4 heterocycles. The lowest BCUT2D eigenvalue weighted by molar-refractivity contribution is 0.0305. The van der Waals surface area contributed by atoms with E-state index in [-0.39, 0.29) is 6.03 Å². The Bertz CT molecular complexity index is 1070. The normalized spacial score (nSPS) is 21.7. The van der Waals surface area contributed by atoms with Gasteiger partial charge in [0, 0.05) is 45.0 Å². The molecule has 2 amide bonds. The zero-order chi connectivity index (χ0) is 24.6. The molecule has 3 fully saturated rings. The van der Waals surface area contributed by atoms with E-state index in [1.807, 2.05) is 17.9 Å². The number of carbonyl (C=O) groups is 1. The zero-order valence-corrected chi connectivity index (χ0v) is 21.1. The van der Waals surface area contributed by atoms with Crippen LogP contribution in [0.4, 0.5) is 22.1 Å². The average molecular weight is 480 g/mol. The van der Waals surface area contributed by atoms with E-state index in [0.29, 0.717) is 32.2 Å². The van der Waals surface area contributed by atoms with Gasteiger partial charge in [-0.05, 0) is 67.1 Å². The minimum Gasteiger partial charge on any atom is -0.386 e. The molecule has 1 aromatic carbocycles. The molecule has 1 unspecified atom stereocenters. The van der Waals surface area contributed by atoms with Gasteiger partial charge in [0.1, 0.15) is 11.6 Å². The second-order valence-electron chi connectivity index (χ2n) is 10.5. The molecule has 3 saturated heterocycles. The fraction of sp³-hybridized carbons (Fsp3) is 0.556. The summed E-state index contributed by atoms with van der Waals surface area (Å²) in [7, 11) is 0. The molecule has 0 bridgehead atoms. The van der Waals surface area contributed by atoms with Crippen molar-refractivity contribution in [1.29, 1.82) is 0 Å². The molecule has 8 heteroatoms. The molecule has 2 N–H and O–H groups in total. The Hall–Kier alpha value is -2.84. The number of morpholine rings is 1. The molecule has 0 radical (unpaired) electrons. The summed E-state index contributed by atoms with van der Waals surface area (Å²) >= 11 is 0. The molecule has 1 atom stereocenters. The lowest BCUT2D eigenvalue weighted by Crippen LogP contribution is -2.60. The molecular weight excluding hydrogens is 442 g/mol. The van der Waals surface area contributed by atoms with Gasteiger partial charge in [0.05, 0.1) is 18.8 Å². The number of nitrogens with one attached hydrogen (secondary N) is 1. The number of β-amino-alcohol motifs (C(OH)–C–C–N with tert-alkyl or cyclic N) is 1. The molecule has 0 saturated carbocycles. The van der Waals surface area contributed by atoms with Crippen molar-refractivity contribution in [2.45, 2.75) is 39.2 Å². The van der Waals surface area contributed by atoms with E-state index in [4.69, 9.17) is 9.72 Å². The number of aryl methyl sites for hydroxylation is 1. The van der Waals surface area contributed by atoms with Crippen LogP contribution in [0.2, 0.25) is 0 Å². The van der Waals surface area contributed by atoms with Gasteiger partial charge in [0.2, 0.25) is 0 Å². The number of anilines is 3. The topological polar surface area (TPSA) is 81.2 Å². The number of hydrogen-bond donors (Lipinski definition) is 2. The number of aliphatic hydroxyl groups is 1. The number of pyridine rings is 1. The molecule has 8 nitrogen and oxygen atoms in total. The third-order valence-corrected chi connectivity index (χ3v) is 7.47. The summed E-state index contributed by atoms with van der Waals surface area (Å²) in [5, 5.41) is 13.4. The number of hydrogen-bond acceptors (Lipinski definition) is 6. The van der Waals surface area contributed by atoms with Gasteiger partial charge >= 0.3 is 6.03 Å². The van der Waals surface area contributed by atoms with E-state index in [0.717, 1.165) is 73.0 Å². The Balaban J connectivity index is 1.43. The third kappa shape index (κ3) is 5.23. The molecule has 0 aliphatic carbocycles. The first-order valence-corrected chi connectivity index (χ1v) is 12.8. The summed E-state index contributed by atoms with van der Waals surface area (Å²) in [5.41, 5.74) is 3.39. The lowest BCUT2D eigenvalue weighted by atomic mass is 9.96. The van der Waals surface area contributed by atoms with Gasteiger partial charge < -0.3 is 29.9 Å². The van der Waals surface area contributed by atoms with Crippen molar-refractivity contribution < 1.29 is 14.6 Å². The van der Waals surface area contributed by atoms with Gasteiger partial charge in [0.25, 0.3) is 0 Å². The molecule has 188 valence electrons. The van der Waals surface area contributed by atoms with Gasteiger partial charge in [-0.3, -0.25) is 0 Å². The molecule has 3 aliphatic rings. The summed E-state index contributed by atoms with van der Waals surface area (Å²) < 4.78 is 5.54. The lowest BCUT2D eigenvalue weighted by Gasteiger charge is -2.45. The number of urea groups is 1. The maximum atomic E-state index is 12.9. The van der Waals surface area contributed by atoms with Crippen molar-refractivity contribution in [3.63, 3.8) is 0 Å². The number of amides is 2. The smallest absolute Gasteiger partial charge is 0.321 e. The molecule has 2 aromatic rings. The molecular formula is C27H37N5O3. The number of benzene rings is 1. The largest absolute Gasteiger partial charge is 0.386 e. The van der Waals surface area contributed by atoms with Crippen LogP contribution >= 0.6 is 0 Å². The highest BCUT2D eigenvalue weighted by molar-refractivity contribution is 5.91. The molecule has 1 aromatic heterocycles. The molecule has 0 spiro atoms. The van der Waals surface area contributed by atoms with Gasteiger partial charge in [-0.25, -0.2) is 9.78 Å². The van der Waals surface area contributed by atoms with Crippen LogP contribution in [-0.4, -0.2) is 79.1 Å². The number of ether oxygens (including phenoxy) is 1. The van der Waals surface area contributed by atoms with Crippen molar-refractivity contribution in [3.05, 3.63) is 35.9 Å². The highest BCUT2D eigenvalue weighted by atomic mass is 16.5. The number of nitrogens with zero attached hydrogens (tertiary/aromatic N) is 4. The van der Waals surface area contributed by atoms with Gasteiger partial charge in [-0.2, -0.15) is 0 Å². The van der Waals surface area contributed by atoms with E-state index in [1.54, 1.807) is 0 Å².